The highest BCUT2D eigenvalue weighted by Crippen LogP contribution is 1.96. The molecule has 0 spiro atoms. The van der Waals surface area contributed by atoms with Crippen molar-refractivity contribution < 1.29 is 14.6 Å². The van der Waals surface area contributed by atoms with Crippen LogP contribution in [-0.4, -0.2) is 29.8 Å². The number of aliphatic hydroxyl groups excluding tert-OH is 1. The molecule has 0 aliphatic heterocycles. The Morgan fingerprint density at radius 3 is 2.55 bits per heavy atom. The van der Waals surface area contributed by atoms with Crippen molar-refractivity contribution in [2.75, 3.05) is 6.54 Å². The highest BCUT2D eigenvalue weighted by molar-refractivity contribution is 5.74. The third-order valence-electron chi connectivity index (χ3n) is 1.06. The molecule has 0 aliphatic carbocycles. The summed E-state index contributed by atoms with van der Waals surface area (Å²) in [4.78, 5) is 10.8. The second kappa shape index (κ2) is 5.09. The summed E-state index contributed by atoms with van der Waals surface area (Å²) < 4.78 is 4.72. The first-order valence-corrected chi connectivity index (χ1v) is 3.66. The van der Waals surface area contributed by atoms with Crippen LogP contribution >= 0.6 is 0 Å². The van der Waals surface area contributed by atoms with Gasteiger partial charge in [0.25, 0.3) is 0 Å². The fraction of sp³-hybridized carbons (Fsp3) is 0.857. The first kappa shape index (κ1) is 10.4. The molecule has 4 nitrogen and oxygen atoms in total. The van der Waals surface area contributed by atoms with Gasteiger partial charge in [0.2, 0.25) is 0 Å². The predicted octanol–water partition coefficient (Wildman–Crippen LogP) is -0.352. The Morgan fingerprint density at radius 1 is 1.64 bits per heavy atom. The molecule has 1 unspecified atom stereocenters. The van der Waals surface area contributed by atoms with Crippen LogP contribution in [0.4, 0.5) is 0 Å². The van der Waals surface area contributed by atoms with Crippen LogP contribution in [0.15, 0.2) is 0 Å². The summed E-state index contributed by atoms with van der Waals surface area (Å²) in [5.74, 6) is -0.592. The van der Waals surface area contributed by atoms with Crippen molar-refractivity contribution in [3.63, 3.8) is 0 Å². The Labute approximate surface area is 66.3 Å². The highest BCUT2D eigenvalue weighted by atomic mass is 16.6. The molecule has 3 N–H and O–H groups in total. The lowest BCUT2D eigenvalue weighted by atomic mass is 10.2. The molecule has 0 heterocycles. The van der Waals surface area contributed by atoms with E-state index in [-0.39, 0.29) is 19.1 Å². The van der Waals surface area contributed by atoms with Crippen molar-refractivity contribution in [2.24, 2.45) is 5.73 Å². The summed E-state index contributed by atoms with van der Waals surface area (Å²) in [6.07, 6.45) is -0.997. The molecule has 4 heteroatoms. The summed E-state index contributed by atoms with van der Waals surface area (Å²) in [6.45, 7) is 3.74. The summed E-state index contributed by atoms with van der Waals surface area (Å²) in [7, 11) is 0. The van der Waals surface area contributed by atoms with Gasteiger partial charge in [0.15, 0.2) is 6.10 Å². The minimum Gasteiger partial charge on any atom is -0.461 e. The van der Waals surface area contributed by atoms with Crippen molar-refractivity contribution in [2.45, 2.75) is 32.5 Å². The van der Waals surface area contributed by atoms with Crippen molar-refractivity contribution in [3.05, 3.63) is 0 Å². The molecule has 1 atom stereocenters. The number of hydrogen-bond acceptors (Lipinski definition) is 4. The minimum absolute atomic E-state index is 0.185. The largest absolute Gasteiger partial charge is 0.461 e. The zero-order valence-electron chi connectivity index (χ0n) is 6.91. The van der Waals surface area contributed by atoms with Crippen LogP contribution in [0.3, 0.4) is 0 Å². The molecule has 0 aromatic rings. The Hall–Kier alpha value is -0.610. The van der Waals surface area contributed by atoms with Crippen LogP contribution in [0.5, 0.6) is 0 Å². The standard InChI is InChI=1S/C7H15NO3/c1-5(2)11-7(10)6(9)3-4-8/h5-6,9H,3-4,8H2,1-2H3. The second-order valence-electron chi connectivity index (χ2n) is 2.58. The fourth-order valence-corrected chi connectivity index (χ4v) is 0.587. The normalized spacial score (nSPS) is 13.2. The summed E-state index contributed by atoms with van der Waals surface area (Å²) in [5, 5.41) is 9.01. The second-order valence-corrected chi connectivity index (χ2v) is 2.58. The van der Waals surface area contributed by atoms with Crippen LogP contribution in [0, 0.1) is 0 Å². The Bertz CT molecular complexity index is 125. The lowest BCUT2D eigenvalue weighted by Gasteiger charge is -2.11. The minimum atomic E-state index is -1.07. The van der Waals surface area contributed by atoms with Gasteiger partial charge in [-0.25, -0.2) is 4.79 Å². The van der Waals surface area contributed by atoms with E-state index in [1.54, 1.807) is 13.8 Å². The van der Waals surface area contributed by atoms with E-state index in [4.69, 9.17) is 15.6 Å². The van der Waals surface area contributed by atoms with Gasteiger partial charge in [-0.05, 0) is 26.8 Å². The molecule has 0 radical (unpaired) electrons. The molecule has 0 saturated carbocycles. The molecule has 0 saturated heterocycles. The molecule has 0 bridgehead atoms. The van der Waals surface area contributed by atoms with Crippen molar-refractivity contribution in [1.82, 2.24) is 0 Å². The summed E-state index contributed by atoms with van der Waals surface area (Å²) >= 11 is 0. The maximum absolute atomic E-state index is 10.8. The Balaban J connectivity index is 3.64. The average Bonchev–Trinajstić information content (AvgIpc) is 1.86. The number of nitrogens with two attached hydrogens (primary N) is 1. The number of esters is 1. The third kappa shape index (κ3) is 4.75. The van der Waals surface area contributed by atoms with Crippen LogP contribution < -0.4 is 5.73 Å². The van der Waals surface area contributed by atoms with Crippen LogP contribution in [0.2, 0.25) is 0 Å². The van der Waals surface area contributed by atoms with E-state index in [0.717, 1.165) is 0 Å². The zero-order valence-corrected chi connectivity index (χ0v) is 6.91. The monoisotopic (exact) mass is 161 g/mol. The smallest absolute Gasteiger partial charge is 0.335 e. The van der Waals surface area contributed by atoms with E-state index in [9.17, 15) is 4.79 Å². The quantitative estimate of drug-likeness (QED) is 0.553. The number of carbonyl (C=O) groups is 1. The molecular weight excluding hydrogens is 146 g/mol. The number of carbonyl (C=O) groups excluding carboxylic acids is 1. The van der Waals surface area contributed by atoms with Crippen LogP contribution in [-0.2, 0) is 9.53 Å². The van der Waals surface area contributed by atoms with Gasteiger partial charge in [-0.15, -0.1) is 0 Å². The number of hydrogen-bond donors (Lipinski definition) is 2. The Morgan fingerprint density at radius 2 is 2.18 bits per heavy atom. The number of ether oxygens (including phenoxy) is 1. The van der Waals surface area contributed by atoms with Gasteiger partial charge in [0.05, 0.1) is 6.10 Å². The van der Waals surface area contributed by atoms with Crippen molar-refractivity contribution in [1.29, 1.82) is 0 Å². The van der Waals surface area contributed by atoms with E-state index in [1.807, 2.05) is 0 Å². The number of aliphatic hydroxyl groups is 1. The van der Waals surface area contributed by atoms with E-state index in [1.165, 1.54) is 0 Å². The molecule has 66 valence electrons. The first-order valence-electron chi connectivity index (χ1n) is 3.66. The molecular formula is C7H15NO3. The van der Waals surface area contributed by atoms with Gasteiger partial charge in [-0.3, -0.25) is 0 Å². The Kier molecular flexibility index (Phi) is 4.81. The summed E-state index contributed by atoms with van der Waals surface area (Å²) in [5.41, 5.74) is 5.13. The van der Waals surface area contributed by atoms with Gasteiger partial charge < -0.3 is 15.6 Å². The van der Waals surface area contributed by atoms with E-state index in [2.05, 4.69) is 0 Å². The first-order chi connectivity index (χ1) is 5.07. The molecule has 0 rings (SSSR count). The van der Waals surface area contributed by atoms with Gasteiger partial charge in [0, 0.05) is 0 Å². The van der Waals surface area contributed by atoms with E-state index < -0.39 is 12.1 Å². The van der Waals surface area contributed by atoms with E-state index >= 15 is 0 Å². The highest BCUT2D eigenvalue weighted by Gasteiger charge is 2.16. The van der Waals surface area contributed by atoms with Gasteiger partial charge in [0.1, 0.15) is 0 Å². The van der Waals surface area contributed by atoms with Gasteiger partial charge in [-0.2, -0.15) is 0 Å². The number of rotatable bonds is 4. The van der Waals surface area contributed by atoms with Crippen LogP contribution in [0.25, 0.3) is 0 Å². The summed E-state index contributed by atoms with van der Waals surface area (Å²) in [6, 6.07) is 0. The zero-order chi connectivity index (χ0) is 8.85. The molecule has 0 aromatic carbocycles. The fourth-order valence-electron chi connectivity index (χ4n) is 0.587. The van der Waals surface area contributed by atoms with Crippen molar-refractivity contribution >= 4 is 5.97 Å². The average molecular weight is 161 g/mol. The maximum atomic E-state index is 10.8. The van der Waals surface area contributed by atoms with E-state index in [0.29, 0.717) is 0 Å². The lowest BCUT2D eigenvalue weighted by molar-refractivity contribution is -0.157. The topological polar surface area (TPSA) is 72.5 Å². The molecule has 0 amide bonds. The lowest BCUT2D eigenvalue weighted by Crippen LogP contribution is -2.27. The maximum Gasteiger partial charge on any atom is 0.335 e. The molecule has 0 aromatic heterocycles. The molecule has 11 heavy (non-hydrogen) atoms. The molecule has 0 aliphatic rings. The predicted molar refractivity (Wildman–Crippen MR) is 40.9 cm³/mol. The SMILES string of the molecule is CC(C)OC(=O)C(O)CCN. The van der Waals surface area contributed by atoms with Crippen molar-refractivity contribution in [3.8, 4) is 0 Å². The molecule has 0 fully saturated rings. The van der Waals surface area contributed by atoms with Crippen LogP contribution in [0.1, 0.15) is 20.3 Å². The third-order valence-corrected chi connectivity index (χ3v) is 1.06. The van der Waals surface area contributed by atoms with Gasteiger partial charge >= 0.3 is 5.97 Å². The van der Waals surface area contributed by atoms with Gasteiger partial charge in [-0.1, -0.05) is 0 Å².